The average Bonchev–Trinajstić information content (AvgIpc) is 3.28. The number of aliphatic carboxylic acids is 1. The van der Waals surface area contributed by atoms with Crippen LogP contribution < -0.4 is 5.32 Å². The number of urea groups is 1. The SMILES string of the molecule is Cc1nc(NC(=O)N2CCC[13C@H]2C(=O)O)sc1-c1ccnc(C(C)(C)C(F)(F)F)c1. The second kappa shape index (κ2) is 7.86. The third-order valence-electron chi connectivity index (χ3n) is 5.18. The fraction of sp³-hybridized carbons (Fsp3) is 0.474. The summed E-state index contributed by atoms with van der Waals surface area (Å²) in [5.41, 5.74) is -1.20. The highest BCUT2D eigenvalue weighted by molar-refractivity contribution is 7.19. The molecule has 0 unspecified atom stereocenters. The molecular weight excluding hydrogens is 422 g/mol. The Kier molecular flexibility index (Phi) is 5.76. The Bertz CT molecular complexity index is 974. The highest BCUT2D eigenvalue weighted by Crippen LogP contribution is 2.41. The second-order valence-corrected chi connectivity index (χ2v) is 8.60. The topological polar surface area (TPSA) is 95.4 Å². The van der Waals surface area contributed by atoms with Gasteiger partial charge >= 0.3 is 18.2 Å². The molecule has 7 nitrogen and oxygen atoms in total. The predicted octanol–water partition coefficient (Wildman–Crippen LogP) is 4.43. The first-order valence-electron chi connectivity index (χ1n) is 9.23. The number of carboxylic acid groups (broad SMARTS) is 1. The van der Waals surface area contributed by atoms with Crippen LogP contribution in [0.1, 0.15) is 38.1 Å². The highest BCUT2D eigenvalue weighted by Gasteiger charge is 2.49. The van der Waals surface area contributed by atoms with Crippen LogP contribution in [-0.4, -0.2) is 50.7 Å². The smallest absolute Gasteiger partial charge is 0.399 e. The van der Waals surface area contributed by atoms with E-state index in [1.165, 1.54) is 17.2 Å². The number of thiazole rings is 1. The lowest BCUT2D eigenvalue weighted by atomic mass is 9.87. The van der Waals surface area contributed by atoms with E-state index in [9.17, 15) is 27.9 Å². The summed E-state index contributed by atoms with van der Waals surface area (Å²) in [6.07, 6.45) is -2.16. The highest BCUT2D eigenvalue weighted by atomic mass is 32.1. The van der Waals surface area contributed by atoms with E-state index < -0.39 is 29.6 Å². The molecule has 2 amide bonds. The van der Waals surface area contributed by atoms with Crippen molar-refractivity contribution >= 4 is 28.5 Å². The van der Waals surface area contributed by atoms with E-state index in [-0.39, 0.29) is 10.8 Å². The number of carboxylic acids is 1. The maximum atomic E-state index is 13.4. The van der Waals surface area contributed by atoms with E-state index in [0.29, 0.717) is 35.5 Å². The Labute approximate surface area is 175 Å². The third-order valence-corrected chi connectivity index (χ3v) is 6.30. The number of amides is 2. The number of hydrogen-bond donors (Lipinski definition) is 2. The Hall–Kier alpha value is -2.69. The molecule has 30 heavy (non-hydrogen) atoms. The minimum atomic E-state index is -4.46. The van der Waals surface area contributed by atoms with E-state index in [2.05, 4.69) is 15.3 Å². The van der Waals surface area contributed by atoms with Crippen LogP contribution in [0, 0.1) is 6.92 Å². The van der Waals surface area contributed by atoms with Gasteiger partial charge in [0.1, 0.15) is 11.5 Å². The van der Waals surface area contributed by atoms with Crippen LogP contribution in [-0.2, 0) is 10.2 Å². The number of pyridine rings is 1. The number of nitrogens with zero attached hydrogens (tertiary/aromatic N) is 3. The second-order valence-electron chi connectivity index (χ2n) is 7.61. The summed E-state index contributed by atoms with van der Waals surface area (Å²) in [6.45, 7) is 4.16. The molecule has 0 spiro atoms. The quantitative estimate of drug-likeness (QED) is 0.682. The number of aryl methyl sites for hydroxylation is 1. The van der Waals surface area contributed by atoms with Gasteiger partial charge in [-0.3, -0.25) is 10.3 Å². The van der Waals surface area contributed by atoms with Crippen LogP contribution in [0.15, 0.2) is 18.3 Å². The van der Waals surface area contributed by atoms with Gasteiger partial charge in [0, 0.05) is 12.7 Å². The van der Waals surface area contributed by atoms with Gasteiger partial charge in [0.25, 0.3) is 0 Å². The van der Waals surface area contributed by atoms with Gasteiger partial charge < -0.3 is 10.0 Å². The van der Waals surface area contributed by atoms with Gasteiger partial charge in [-0.1, -0.05) is 11.3 Å². The Morgan fingerprint density at radius 1 is 1.33 bits per heavy atom. The number of likely N-dealkylation sites (tertiary alicyclic amines) is 1. The van der Waals surface area contributed by atoms with Gasteiger partial charge in [-0.25, -0.2) is 14.6 Å². The molecular formula is C19H21F3N4O3S. The summed E-state index contributed by atoms with van der Waals surface area (Å²) in [5, 5.41) is 12.1. The van der Waals surface area contributed by atoms with Crippen molar-refractivity contribution in [3.63, 3.8) is 0 Å². The lowest BCUT2D eigenvalue weighted by Gasteiger charge is -2.27. The summed E-state index contributed by atoms with van der Waals surface area (Å²) in [4.78, 5) is 33.8. The van der Waals surface area contributed by atoms with E-state index in [4.69, 9.17) is 0 Å². The van der Waals surface area contributed by atoms with Crippen LogP contribution in [0.25, 0.3) is 10.4 Å². The number of carbonyl (C=O) groups is 2. The molecule has 2 aromatic heterocycles. The molecule has 0 radical (unpaired) electrons. The molecule has 11 heteroatoms. The predicted molar refractivity (Wildman–Crippen MR) is 106 cm³/mol. The lowest BCUT2D eigenvalue weighted by molar-refractivity contribution is -0.181. The maximum Gasteiger partial charge on any atom is 0.399 e. The van der Waals surface area contributed by atoms with Gasteiger partial charge in [0.15, 0.2) is 5.13 Å². The zero-order valence-electron chi connectivity index (χ0n) is 16.6. The molecule has 3 rings (SSSR count). The van der Waals surface area contributed by atoms with Crippen molar-refractivity contribution in [1.82, 2.24) is 14.9 Å². The van der Waals surface area contributed by atoms with Gasteiger partial charge in [0.2, 0.25) is 0 Å². The summed E-state index contributed by atoms with van der Waals surface area (Å²) in [6, 6.07) is 1.52. The normalized spacial score (nSPS) is 17.3. The van der Waals surface area contributed by atoms with Crippen LogP contribution in [0.4, 0.5) is 23.1 Å². The average molecular weight is 443 g/mol. The molecule has 0 aliphatic carbocycles. The summed E-state index contributed by atoms with van der Waals surface area (Å²) >= 11 is 1.11. The molecule has 1 atom stereocenters. The number of carbonyl (C=O) groups excluding carboxylic acids is 1. The molecule has 1 aliphatic heterocycles. The largest absolute Gasteiger partial charge is 0.480 e. The summed E-state index contributed by atoms with van der Waals surface area (Å²) < 4.78 is 40.1. The zero-order chi connectivity index (χ0) is 22.3. The molecule has 2 N–H and O–H groups in total. The van der Waals surface area contributed by atoms with E-state index in [1.54, 1.807) is 13.0 Å². The number of rotatable bonds is 4. The fourth-order valence-corrected chi connectivity index (χ4v) is 4.16. The minimum Gasteiger partial charge on any atom is -0.480 e. The van der Waals surface area contributed by atoms with Gasteiger partial charge in [-0.05, 0) is 51.3 Å². The van der Waals surface area contributed by atoms with Crippen molar-refractivity contribution in [1.29, 1.82) is 0 Å². The van der Waals surface area contributed by atoms with Gasteiger partial charge in [-0.15, -0.1) is 0 Å². The Balaban J connectivity index is 1.84. The summed E-state index contributed by atoms with van der Waals surface area (Å²) in [7, 11) is 0. The molecule has 3 heterocycles. The zero-order valence-corrected chi connectivity index (χ0v) is 17.4. The van der Waals surface area contributed by atoms with Crippen LogP contribution >= 0.6 is 11.3 Å². The van der Waals surface area contributed by atoms with E-state index in [1.807, 2.05) is 0 Å². The first-order chi connectivity index (χ1) is 13.9. The van der Waals surface area contributed by atoms with E-state index >= 15 is 0 Å². The first kappa shape index (κ1) is 22.0. The third kappa shape index (κ3) is 4.11. The van der Waals surface area contributed by atoms with Crippen LogP contribution in [0.3, 0.4) is 0 Å². The molecule has 0 saturated carbocycles. The number of aromatic nitrogens is 2. The standard InChI is InChI=1S/C19H21F3N4O3S/c1-10-14(11-6-7-23-13(9-11)18(2,3)19(20,21)22)30-16(24-10)25-17(29)26-8-4-5-12(26)15(27)28/h6-7,9,12H,4-5,8H2,1-3H3,(H,27,28)(H,24,25,29)/t12-/m0/s1/i12+1. The van der Waals surface area contributed by atoms with E-state index in [0.717, 1.165) is 25.2 Å². The molecule has 1 saturated heterocycles. The van der Waals surface area contributed by atoms with Crippen molar-refractivity contribution < 1.29 is 27.9 Å². The van der Waals surface area contributed by atoms with Crippen molar-refractivity contribution in [2.75, 3.05) is 11.9 Å². The van der Waals surface area contributed by atoms with Gasteiger partial charge in [-0.2, -0.15) is 13.2 Å². The number of anilines is 1. The monoisotopic (exact) mass is 443 g/mol. The maximum absolute atomic E-state index is 13.4. The van der Waals surface area contributed by atoms with Gasteiger partial charge in [0.05, 0.1) is 16.3 Å². The number of halogens is 3. The number of nitrogens with one attached hydrogen (secondary N) is 1. The van der Waals surface area contributed by atoms with Crippen LogP contribution in [0.5, 0.6) is 0 Å². The fourth-order valence-electron chi connectivity index (χ4n) is 3.21. The van der Waals surface area contributed by atoms with Crippen molar-refractivity contribution in [2.45, 2.75) is 51.2 Å². The van der Waals surface area contributed by atoms with Crippen molar-refractivity contribution in [3.8, 4) is 10.4 Å². The molecule has 0 aromatic carbocycles. The Morgan fingerprint density at radius 2 is 2.03 bits per heavy atom. The number of hydrogen-bond acceptors (Lipinski definition) is 5. The number of alkyl halides is 3. The van der Waals surface area contributed by atoms with Crippen molar-refractivity contribution in [3.05, 3.63) is 29.7 Å². The molecule has 2 aromatic rings. The van der Waals surface area contributed by atoms with Crippen LogP contribution in [0.2, 0.25) is 0 Å². The Morgan fingerprint density at radius 3 is 2.67 bits per heavy atom. The molecule has 1 aliphatic rings. The molecule has 0 bridgehead atoms. The minimum absolute atomic E-state index is 0.118. The molecule has 162 valence electrons. The first-order valence-corrected chi connectivity index (χ1v) is 10.0. The summed E-state index contributed by atoms with van der Waals surface area (Å²) in [5.74, 6) is -1.06. The molecule has 1 fully saturated rings. The lowest BCUT2D eigenvalue weighted by Crippen LogP contribution is -2.42. The van der Waals surface area contributed by atoms with Crippen molar-refractivity contribution in [2.24, 2.45) is 0 Å².